The number of thiophene rings is 1. The molecular formula is C11H13ClN2OS. The molecular weight excluding hydrogens is 244 g/mol. The summed E-state index contributed by atoms with van der Waals surface area (Å²) in [5, 5.41) is 7.17. The molecule has 0 saturated heterocycles. The second kappa shape index (κ2) is 4.99. The Morgan fingerprint density at radius 1 is 1.50 bits per heavy atom. The molecule has 2 heterocycles. The molecule has 5 heteroatoms. The first-order valence-electron chi connectivity index (χ1n) is 5.09. The van der Waals surface area contributed by atoms with E-state index in [-0.39, 0.29) is 0 Å². The number of hydrogen-bond acceptors (Lipinski definition) is 4. The van der Waals surface area contributed by atoms with E-state index in [0.29, 0.717) is 6.04 Å². The van der Waals surface area contributed by atoms with Crippen LogP contribution < -0.4 is 5.32 Å². The predicted octanol–water partition coefficient (Wildman–Crippen LogP) is 3.55. The van der Waals surface area contributed by atoms with Crippen molar-refractivity contribution >= 4 is 22.9 Å². The highest BCUT2D eigenvalue weighted by Crippen LogP contribution is 2.32. The summed E-state index contributed by atoms with van der Waals surface area (Å²) >= 11 is 7.40. The molecule has 2 aromatic rings. The van der Waals surface area contributed by atoms with Crippen LogP contribution >= 0.6 is 22.9 Å². The molecule has 0 aliphatic carbocycles. The van der Waals surface area contributed by atoms with Crippen molar-refractivity contribution in [1.29, 1.82) is 0 Å². The molecule has 3 nitrogen and oxygen atoms in total. The lowest BCUT2D eigenvalue weighted by atomic mass is 10.2. The predicted molar refractivity (Wildman–Crippen MR) is 66.8 cm³/mol. The third kappa shape index (κ3) is 2.64. The summed E-state index contributed by atoms with van der Waals surface area (Å²) in [5.41, 5.74) is 1.06. The highest BCUT2D eigenvalue weighted by molar-refractivity contribution is 7.19. The smallest absolute Gasteiger partial charge is 0.181 e. The number of halogens is 1. The van der Waals surface area contributed by atoms with Crippen LogP contribution in [0.15, 0.2) is 22.9 Å². The normalized spacial score (nSPS) is 11.2. The maximum absolute atomic E-state index is 5.90. The molecule has 0 radical (unpaired) electrons. The van der Waals surface area contributed by atoms with Gasteiger partial charge >= 0.3 is 0 Å². The Morgan fingerprint density at radius 2 is 2.31 bits per heavy atom. The summed E-state index contributed by atoms with van der Waals surface area (Å²) in [6.45, 7) is 4.97. The van der Waals surface area contributed by atoms with Crippen LogP contribution in [0.5, 0.6) is 0 Å². The van der Waals surface area contributed by atoms with E-state index in [0.717, 1.165) is 27.1 Å². The first kappa shape index (κ1) is 11.6. The van der Waals surface area contributed by atoms with E-state index in [1.54, 1.807) is 6.20 Å². The van der Waals surface area contributed by atoms with Crippen LogP contribution in [-0.2, 0) is 6.54 Å². The maximum atomic E-state index is 5.90. The van der Waals surface area contributed by atoms with Gasteiger partial charge in [0, 0.05) is 18.2 Å². The lowest BCUT2D eigenvalue weighted by Crippen LogP contribution is -2.21. The second-order valence-electron chi connectivity index (χ2n) is 3.82. The third-order valence-corrected chi connectivity index (χ3v) is 3.37. The van der Waals surface area contributed by atoms with Crippen LogP contribution in [0.1, 0.15) is 19.4 Å². The van der Waals surface area contributed by atoms with Gasteiger partial charge in [-0.2, -0.15) is 0 Å². The number of rotatable bonds is 4. The number of aromatic nitrogens is 1. The van der Waals surface area contributed by atoms with Gasteiger partial charge in [-0.05, 0) is 12.1 Å². The summed E-state index contributed by atoms with van der Waals surface area (Å²) in [7, 11) is 0. The van der Waals surface area contributed by atoms with Crippen molar-refractivity contribution in [2.45, 2.75) is 26.4 Å². The van der Waals surface area contributed by atoms with Gasteiger partial charge in [0.15, 0.2) is 5.76 Å². The minimum Gasteiger partial charge on any atom is -0.355 e. The summed E-state index contributed by atoms with van der Waals surface area (Å²) in [4.78, 5) is 1.02. The highest BCUT2D eigenvalue weighted by Gasteiger charge is 2.12. The van der Waals surface area contributed by atoms with Crippen molar-refractivity contribution in [2.75, 3.05) is 0 Å². The van der Waals surface area contributed by atoms with E-state index >= 15 is 0 Å². The Labute approximate surface area is 103 Å². The number of nitrogens with zero attached hydrogens (tertiary/aromatic N) is 1. The van der Waals surface area contributed by atoms with Crippen molar-refractivity contribution < 1.29 is 4.52 Å². The van der Waals surface area contributed by atoms with Gasteiger partial charge in [0.2, 0.25) is 0 Å². The van der Waals surface area contributed by atoms with Gasteiger partial charge < -0.3 is 9.84 Å². The molecule has 0 fully saturated rings. The molecule has 2 aromatic heterocycles. The Balaban J connectivity index is 2.19. The van der Waals surface area contributed by atoms with Gasteiger partial charge in [0.25, 0.3) is 0 Å². The van der Waals surface area contributed by atoms with E-state index < -0.39 is 0 Å². The molecule has 0 aliphatic heterocycles. The van der Waals surface area contributed by atoms with E-state index in [1.165, 1.54) is 11.3 Å². The molecule has 0 unspecified atom stereocenters. The van der Waals surface area contributed by atoms with Crippen molar-refractivity contribution in [2.24, 2.45) is 0 Å². The Kier molecular flexibility index (Phi) is 3.63. The van der Waals surface area contributed by atoms with E-state index in [2.05, 4.69) is 24.3 Å². The van der Waals surface area contributed by atoms with Crippen LogP contribution in [0.4, 0.5) is 0 Å². The molecule has 0 amide bonds. The van der Waals surface area contributed by atoms with Crippen molar-refractivity contribution in [1.82, 2.24) is 10.5 Å². The second-order valence-corrected chi connectivity index (χ2v) is 5.53. The van der Waals surface area contributed by atoms with Gasteiger partial charge in [-0.3, -0.25) is 0 Å². The van der Waals surface area contributed by atoms with Gasteiger partial charge in [0.1, 0.15) is 0 Å². The molecule has 0 aromatic carbocycles. The zero-order valence-electron chi connectivity index (χ0n) is 9.16. The van der Waals surface area contributed by atoms with Gasteiger partial charge in [-0.1, -0.05) is 30.6 Å². The fourth-order valence-electron chi connectivity index (χ4n) is 1.34. The molecule has 0 atom stereocenters. The Bertz CT molecular complexity index is 464. The third-order valence-electron chi connectivity index (χ3n) is 2.14. The van der Waals surface area contributed by atoms with Crippen molar-refractivity contribution in [3.63, 3.8) is 0 Å². The first-order valence-corrected chi connectivity index (χ1v) is 6.29. The quantitative estimate of drug-likeness (QED) is 0.909. The molecule has 0 spiro atoms. The fourth-order valence-corrected chi connectivity index (χ4v) is 2.40. The Morgan fingerprint density at radius 3 is 2.94 bits per heavy atom. The molecule has 0 bridgehead atoms. The lowest BCUT2D eigenvalue weighted by molar-refractivity contribution is 0.432. The topological polar surface area (TPSA) is 38.1 Å². The van der Waals surface area contributed by atoms with E-state index in [9.17, 15) is 0 Å². The molecule has 0 aliphatic rings. The molecule has 16 heavy (non-hydrogen) atoms. The lowest BCUT2D eigenvalue weighted by Gasteiger charge is -2.06. The maximum Gasteiger partial charge on any atom is 0.181 e. The minimum atomic E-state index is 0.440. The zero-order valence-corrected chi connectivity index (χ0v) is 10.7. The molecule has 1 N–H and O–H groups in total. The first-order chi connectivity index (χ1) is 7.66. The minimum absolute atomic E-state index is 0.440. The van der Waals surface area contributed by atoms with E-state index in [4.69, 9.17) is 16.1 Å². The fraction of sp³-hybridized carbons (Fsp3) is 0.364. The summed E-state index contributed by atoms with van der Waals surface area (Å²) in [6, 6.07) is 4.26. The zero-order chi connectivity index (χ0) is 11.5. The molecule has 0 saturated carbocycles. The standard InChI is InChI=1S/C11H13ClN2OS/c1-7(2)13-5-8-6-14-15-11(8)9-3-4-10(12)16-9/h3-4,6-7,13H,5H2,1-2H3. The van der Waals surface area contributed by atoms with Crippen LogP contribution in [-0.4, -0.2) is 11.2 Å². The van der Waals surface area contributed by atoms with Gasteiger partial charge in [-0.25, -0.2) is 0 Å². The molecule has 2 rings (SSSR count). The summed E-state index contributed by atoms with van der Waals surface area (Å²) < 4.78 is 6.02. The van der Waals surface area contributed by atoms with Crippen molar-refractivity contribution in [3.05, 3.63) is 28.2 Å². The monoisotopic (exact) mass is 256 g/mol. The largest absolute Gasteiger partial charge is 0.355 e. The van der Waals surface area contributed by atoms with Crippen LogP contribution in [0.3, 0.4) is 0 Å². The van der Waals surface area contributed by atoms with Crippen LogP contribution in [0, 0.1) is 0 Å². The van der Waals surface area contributed by atoms with E-state index in [1.807, 2.05) is 12.1 Å². The SMILES string of the molecule is CC(C)NCc1cnoc1-c1ccc(Cl)s1. The summed E-state index contributed by atoms with van der Waals surface area (Å²) in [6.07, 6.45) is 1.75. The highest BCUT2D eigenvalue weighted by atomic mass is 35.5. The van der Waals surface area contributed by atoms with Gasteiger partial charge in [0.05, 0.1) is 15.4 Å². The van der Waals surface area contributed by atoms with Crippen LogP contribution in [0.25, 0.3) is 10.6 Å². The molecule has 86 valence electrons. The number of nitrogens with one attached hydrogen (secondary N) is 1. The average Bonchev–Trinajstić information content (AvgIpc) is 2.82. The van der Waals surface area contributed by atoms with Crippen molar-refractivity contribution in [3.8, 4) is 10.6 Å². The average molecular weight is 257 g/mol. The van der Waals surface area contributed by atoms with Crippen LogP contribution in [0.2, 0.25) is 4.34 Å². The van der Waals surface area contributed by atoms with Gasteiger partial charge in [-0.15, -0.1) is 11.3 Å². The summed E-state index contributed by atoms with van der Waals surface area (Å²) in [5.74, 6) is 0.810. The number of hydrogen-bond donors (Lipinski definition) is 1. The Hall–Kier alpha value is -0.840.